The second-order valence-electron chi connectivity index (χ2n) is 5.56. The fourth-order valence-corrected chi connectivity index (χ4v) is 4.32. The average molecular weight is 368 g/mol. The van der Waals surface area contributed by atoms with Crippen LogP contribution in [0.5, 0.6) is 0 Å². The molecule has 0 saturated carbocycles. The molecule has 1 atom stereocenters. The van der Waals surface area contributed by atoms with Crippen LogP contribution >= 0.6 is 23.4 Å². The van der Waals surface area contributed by atoms with E-state index in [0.29, 0.717) is 30.8 Å². The van der Waals surface area contributed by atoms with Crippen molar-refractivity contribution < 1.29 is 13.6 Å². The molecule has 0 aliphatic carbocycles. The highest BCUT2D eigenvalue weighted by Gasteiger charge is 2.26. The smallest absolute Gasteiger partial charge is 0.258 e. The number of carbonyl (C=O) groups excluding carboxylic acids is 1. The second kappa shape index (κ2) is 7.53. The number of hydrogen-bond donors (Lipinski definition) is 0. The number of hydrogen-bond acceptors (Lipinski definition) is 2. The summed E-state index contributed by atoms with van der Waals surface area (Å²) in [4.78, 5) is 14.2. The topological polar surface area (TPSA) is 20.3 Å². The van der Waals surface area contributed by atoms with Gasteiger partial charge in [-0.05, 0) is 24.6 Å². The fraction of sp³-hybridized carbons (Fsp3) is 0.278. The van der Waals surface area contributed by atoms with Crippen LogP contribution in [-0.2, 0) is 0 Å². The van der Waals surface area contributed by atoms with Crippen LogP contribution in [0.25, 0.3) is 0 Å². The molecule has 1 amide bonds. The number of nitrogens with zero attached hydrogens (tertiary/aromatic N) is 1. The van der Waals surface area contributed by atoms with E-state index in [1.54, 1.807) is 28.8 Å². The maximum atomic E-state index is 14.0. The number of rotatable bonds is 2. The molecular weight excluding hydrogens is 352 g/mol. The van der Waals surface area contributed by atoms with Gasteiger partial charge in [-0.1, -0.05) is 35.9 Å². The number of thioether (sulfide) groups is 1. The van der Waals surface area contributed by atoms with E-state index < -0.39 is 11.7 Å². The molecule has 6 heteroatoms. The van der Waals surface area contributed by atoms with Crippen molar-refractivity contribution in [2.45, 2.75) is 11.7 Å². The first-order valence-corrected chi connectivity index (χ1v) is 9.10. The van der Waals surface area contributed by atoms with Gasteiger partial charge in [-0.3, -0.25) is 4.79 Å². The van der Waals surface area contributed by atoms with E-state index in [0.717, 1.165) is 0 Å². The van der Waals surface area contributed by atoms with E-state index in [1.807, 2.05) is 6.07 Å². The minimum Gasteiger partial charge on any atom is -0.338 e. The first kappa shape index (κ1) is 17.2. The van der Waals surface area contributed by atoms with Crippen LogP contribution in [0, 0.1) is 11.6 Å². The molecule has 2 aromatic rings. The second-order valence-corrected chi connectivity index (χ2v) is 7.28. The van der Waals surface area contributed by atoms with Gasteiger partial charge < -0.3 is 4.90 Å². The number of carbonyl (C=O) groups is 1. The summed E-state index contributed by atoms with van der Waals surface area (Å²) in [6.07, 6.45) is 0.614. The SMILES string of the molecule is O=C(c1c(F)cccc1Cl)N1CCS[C@H](c2ccccc2F)CC1. The van der Waals surface area contributed by atoms with Gasteiger partial charge in [-0.15, -0.1) is 0 Å². The Bertz CT molecular complexity index is 735. The Balaban J connectivity index is 1.76. The summed E-state index contributed by atoms with van der Waals surface area (Å²) in [6, 6.07) is 10.9. The predicted molar refractivity (Wildman–Crippen MR) is 93.5 cm³/mol. The molecule has 0 unspecified atom stereocenters. The quantitative estimate of drug-likeness (QED) is 0.749. The van der Waals surface area contributed by atoms with Crippen LogP contribution in [0.4, 0.5) is 8.78 Å². The lowest BCUT2D eigenvalue weighted by Crippen LogP contribution is -2.33. The molecule has 126 valence electrons. The highest BCUT2D eigenvalue weighted by Crippen LogP contribution is 2.36. The maximum Gasteiger partial charge on any atom is 0.258 e. The molecule has 1 saturated heterocycles. The minimum absolute atomic E-state index is 0.0138. The Morgan fingerprint density at radius 1 is 1.08 bits per heavy atom. The zero-order valence-electron chi connectivity index (χ0n) is 12.8. The van der Waals surface area contributed by atoms with E-state index in [4.69, 9.17) is 11.6 Å². The Morgan fingerprint density at radius 3 is 2.58 bits per heavy atom. The van der Waals surface area contributed by atoms with E-state index >= 15 is 0 Å². The van der Waals surface area contributed by atoms with Crippen LogP contribution in [0.1, 0.15) is 27.6 Å². The Labute approximate surface area is 148 Å². The van der Waals surface area contributed by atoms with Gasteiger partial charge in [0.15, 0.2) is 0 Å². The zero-order valence-corrected chi connectivity index (χ0v) is 14.4. The average Bonchev–Trinajstić information content (AvgIpc) is 2.81. The molecule has 1 aliphatic rings. The molecule has 1 heterocycles. The van der Waals surface area contributed by atoms with Gasteiger partial charge in [0.2, 0.25) is 0 Å². The van der Waals surface area contributed by atoms with E-state index in [1.165, 1.54) is 24.3 Å². The van der Waals surface area contributed by atoms with Crippen molar-refractivity contribution in [3.63, 3.8) is 0 Å². The van der Waals surface area contributed by atoms with Crippen LogP contribution in [0.15, 0.2) is 42.5 Å². The summed E-state index contributed by atoms with van der Waals surface area (Å²) in [7, 11) is 0. The molecule has 0 N–H and O–H groups in total. The third-order valence-electron chi connectivity index (χ3n) is 4.06. The van der Waals surface area contributed by atoms with Gasteiger partial charge in [0.05, 0.1) is 10.6 Å². The van der Waals surface area contributed by atoms with Crippen LogP contribution in [0.3, 0.4) is 0 Å². The third-order valence-corrected chi connectivity index (χ3v) is 5.68. The van der Waals surface area contributed by atoms with Crippen molar-refractivity contribution in [3.8, 4) is 0 Å². The van der Waals surface area contributed by atoms with Gasteiger partial charge in [0.25, 0.3) is 5.91 Å². The van der Waals surface area contributed by atoms with Gasteiger partial charge >= 0.3 is 0 Å². The lowest BCUT2D eigenvalue weighted by Gasteiger charge is -2.21. The normalized spacial score (nSPS) is 18.3. The van der Waals surface area contributed by atoms with E-state index in [2.05, 4.69) is 0 Å². The minimum atomic E-state index is -0.616. The third kappa shape index (κ3) is 3.57. The molecule has 1 aliphatic heterocycles. The molecule has 0 radical (unpaired) electrons. The molecule has 0 bridgehead atoms. The lowest BCUT2D eigenvalue weighted by molar-refractivity contribution is 0.0762. The Morgan fingerprint density at radius 2 is 1.83 bits per heavy atom. The molecule has 0 aromatic heterocycles. The Hall–Kier alpha value is -1.59. The number of benzene rings is 2. The molecule has 2 aromatic carbocycles. The van der Waals surface area contributed by atoms with Crippen molar-refractivity contribution in [2.24, 2.45) is 0 Å². The highest BCUT2D eigenvalue weighted by molar-refractivity contribution is 7.99. The summed E-state index contributed by atoms with van der Waals surface area (Å²) in [6.45, 7) is 0.925. The highest BCUT2D eigenvalue weighted by atomic mass is 35.5. The van der Waals surface area contributed by atoms with Gasteiger partial charge in [-0.25, -0.2) is 8.78 Å². The first-order chi connectivity index (χ1) is 11.6. The zero-order chi connectivity index (χ0) is 17.1. The number of halogens is 3. The molecular formula is C18H16ClF2NOS. The van der Waals surface area contributed by atoms with Crippen LogP contribution < -0.4 is 0 Å². The fourth-order valence-electron chi connectivity index (χ4n) is 2.82. The summed E-state index contributed by atoms with van der Waals surface area (Å²) in [5.74, 6) is -0.591. The van der Waals surface area contributed by atoms with Crippen LogP contribution in [0.2, 0.25) is 5.02 Å². The summed E-state index contributed by atoms with van der Waals surface area (Å²) < 4.78 is 27.9. The van der Waals surface area contributed by atoms with Gasteiger partial charge in [0, 0.05) is 29.7 Å². The van der Waals surface area contributed by atoms with E-state index in [-0.39, 0.29) is 21.7 Å². The lowest BCUT2D eigenvalue weighted by atomic mass is 10.1. The van der Waals surface area contributed by atoms with Crippen molar-refractivity contribution in [2.75, 3.05) is 18.8 Å². The van der Waals surface area contributed by atoms with Gasteiger partial charge in [-0.2, -0.15) is 11.8 Å². The standard InChI is InChI=1S/C18H16ClF2NOS/c19-13-5-3-7-15(21)17(13)18(23)22-9-8-16(24-11-10-22)12-4-1-2-6-14(12)20/h1-7,16H,8-11H2/t16-/m0/s1. The molecule has 0 spiro atoms. The monoisotopic (exact) mass is 367 g/mol. The summed E-state index contributed by atoms with van der Waals surface area (Å²) >= 11 is 7.60. The molecule has 3 rings (SSSR count). The largest absolute Gasteiger partial charge is 0.338 e. The van der Waals surface area contributed by atoms with E-state index in [9.17, 15) is 13.6 Å². The molecule has 2 nitrogen and oxygen atoms in total. The Kier molecular flexibility index (Phi) is 5.41. The molecule has 24 heavy (non-hydrogen) atoms. The maximum absolute atomic E-state index is 14.0. The number of amides is 1. The first-order valence-electron chi connectivity index (χ1n) is 7.67. The van der Waals surface area contributed by atoms with Crippen molar-refractivity contribution in [1.82, 2.24) is 4.90 Å². The van der Waals surface area contributed by atoms with Crippen LogP contribution in [-0.4, -0.2) is 29.6 Å². The van der Waals surface area contributed by atoms with Crippen molar-refractivity contribution >= 4 is 29.3 Å². The van der Waals surface area contributed by atoms with Crippen molar-refractivity contribution in [1.29, 1.82) is 0 Å². The van der Waals surface area contributed by atoms with Gasteiger partial charge in [0.1, 0.15) is 11.6 Å². The summed E-state index contributed by atoms with van der Waals surface area (Å²) in [5, 5.41) is 0.0997. The predicted octanol–water partition coefficient (Wildman–Crippen LogP) is 4.94. The summed E-state index contributed by atoms with van der Waals surface area (Å²) in [5.41, 5.74) is 0.564. The van der Waals surface area contributed by atoms with Crippen molar-refractivity contribution in [3.05, 3.63) is 70.2 Å². The molecule has 1 fully saturated rings.